The molecule has 0 saturated heterocycles. The Morgan fingerprint density at radius 1 is 1.00 bits per heavy atom. The highest BCUT2D eigenvalue weighted by atomic mass is 32.2. The lowest BCUT2D eigenvalue weighted by Gasteiger charge is -2.25. The molecular formula is C25H24N4O4S3. The normalized spacial score (nSPS) is 11.2. The van der Waals surface area contributed by atoms with Crippen LogP contribution in [-0.2, 0) is 14.8 Å². The Morgan fingerprint density at radius 2 is 1.69 bits per heavy atom. The molecule has 8 nitrogen and oxygen atoms in total. The molecule has 11 heteroatoms. The van der Waals surface area contributed by atoms with Gasteiger partial charge in [0.05, 0.1) is 17.2 Å². The van der Waals surface area contributed by atoms with Crippen LogP contribution in [0.25, 0.3) is 10.6 Å². The molecule has 186 valence electrons. The van der Waals surface area contributed by atoms with Gasteiger partial charge in [-0.2, -0.15) is 0 Å². The zero-order valence-electron chi connectivity index (χ0n) is 19.6. The number of aromatic nitrogens is 2. The minimum Gasteiger partial charge on any atom is -0.492 e. The van der Waals surface area contributed by atoms with Crippen molar-refractivity contribution in [2.75, 3.05) is 29.0 Å². The smallest absolute Gasteiger partial charge is 0.264 e. The van der Waals surface area contributed by atoms with Crippen LogP contribution in [0.5, 0.6) is 5.75 Å². The topological polar surface area (TPSA) is 101 Å². The number of hydrogen-bond donors (Lipinski definition) is 1. The highest BCUT2D eigenvalue weighted by Crippen LogP contribution is 2.33. The molecule has 36 heavy (non-hydrogen) atoms. The average molecular weight is 541 g/mol. The molecule has 0 bridgehead atoms. The Bertz CT molecular complexity index is 1430. The molecule has 1 N–H and O–H groups in total. The minimum absolute atomic E-state index is 0.0710. The Balaban J connectivity index is 1.64. The second kappa shape index (κ2) is 11.5. The van der Waals surface area contributed by atoms with Gasteiger partial charge in [0.25, 0.3) is 10.0 Å². The predicted molar refractivity (Wildman–Crippen MR) is 144 cm³/mol. The van der Waals surface area contributed by atoms with Crippen LogP contribution in [0.4, 0.5) is 10.8 Å². The van der Waals surface area contributed by atoms with Crippen LogP contribution >= 0.6 is 23.1 Å². The zero-order valence-corrected chi connectivity index (χ0v) is 22.1. The predicted octanol–water partition coefficient (Wildman–Crippen LogP) is 5.16. The Hall–Kier alpha value is -3.41. The number of amides is 1. The lowest BCUT2D eigenvalue weighted by molar-refractivity contribution is -0.114. The van der Waals surface area contributed by atoms with Crippen LogP contribution in [0, 0.1) is 0 Å². The third-order valence-electron chi connectivity index (χ3n) is 5.06. The quantitative estimate of drug-likeness (QED) is 0.277. The number of benzene rings is 3. The van der Waals surface area contributed by atoms with Gasteiger partial charge in [-0.15, -0.1) is 22.0 Å². The molecule has 0 unspecified atom stereocenters. The highest BCUT2D eigenvalue weighted by Gasteiger charge is 2.30. The third-order valence-corrected chi connectivity index (χ3v) is 8.47. The molecule has 1 aromatic heterocycles. The van der Waals surface area contributed by atoms with Gasteiger partial charge in [-0.3, -0.25) is 14.4 Å². The maximum absolute atomic E-state index is 13.7. The summed E-state index contributed by atoms with van der Waals surface area (Å²) in [6.45, 7) is 1.67. The van der Waals surface area contributed by atoms with Crippen LogP contribution in [-0.4, -0.2) is 43.9 Å². The van der Waals surface area contributed by atoms with Crippen molar-refractivity contribution in [3.63, 3.8) is 0 Å². The van der Waals surface area contributed by atoms with Gasteiger partial charge in [0.1, 0.15) is 17.3 Å². The van der Waals surface area contributed by atoms with Gasteiger partial charge in [0.2, 0.25) is 11.0 Å². The Labute approximate surface area is 218 Å². The molecule has 1 heterocycles. The van der Waals surface area contributed by atoms with E-state index in [2.05, 4.69) is 15.5 Å². The fourth-order valence-electron chi connectivity index (χ4n) is 3.38. The molecule has 0 saturated carbocycles. The monoisotopic (exact) mass is 540 g/mol. The van der Waals surface area contributed by atoms with E-state index in [1.54, 1.807) is 36.4 Å². The number of ether oxygens (including phenoxy) is 1. The molecule has 4 rings (SSSR count). The van der Waals surface area contributed by atoms with Crippen molar-refractivity contribution in [2.24, 2.45) is 0 Å². The number of para-hydroxylation sites is 2. The van der Waals surface area contributed by atoms with E-state index in [0.29, 0.717) is 17.4 Å². The summed E-state index contributed by atoms with van der Waals surface area (Å²) < 4.78 is 34.2. The highest BCUT2D eigenvalue weighted by molar-refractivity contribution is 7.98. The van der Waals surface area contributed by atoms with Crippen LogP contribution in [0.1, 0.15) is 6.92 Å². The number of sulfonamides is 1. The lowest BCUT2D eigenvalue weighted by Crippen LogP contribution is -2.38. The average Bonchev–Trinajstić information content (AvgIpc) is 3.37. The van der Waals surface area contributed by atoms with E-state index in [-0.39, 0.29) is 15.7 Å². The summed E-state index contributed by atoms with van der Waals surface area (Å²) in [6.07, 6.45) is 1.91. The number of nitrogens with one attached hydrogen (secondary N) is 1. The molecule has 0 atom stereocenters. The SMILES string of the molecule is CCOc1ccccc1N(CC(=O)Nc1nnc(-c2ccccc2)s1)S(=O)(=O)c1ccc(SC)cc1. The van der Waals surface area contributed by atoms with Crippen molar-refractivity contribution in [1.29, 1.82) is 0 Å². The van der Waals surface area contributed by atoms with Gasteiger partial charge in [0.15, 0.2) is 0 Å². The van der Waals surface area contributed by atoms with Crippen LogP contribution in [0.2, 0.25) is 0 Å². The fourth-order valence-corrected chi connectivity index (χ4v) is 5.98. The van der Waals surface area contributed by atoms with Gasteiger partial charge in [-0.25, -0.2) is 8.42 Å². The summed E-state index contributed by atoms with van der Waals surface area (Å²) in [5.74, 6) is -0.194. The van der Waals surface area contributed by atoms with E-state index < -0.39 is 22.5 Å². The number of hydrogen-bond acceptors (Lipinski definition) is 8. The first-order valence-corrected chi connectivity index (χ1v) is 14.5. The minimum atomic E-state index is -4.09. The third kappa shape index (κ3) is 5.86. The standard InChI is InChI=1S/C25H24N4O4S3/c1-3-33-22-12-8-7-11-21(22)29(36(31,32)20-15-13-19(34-2)14-16-20)17-23(30)26-25-28-27-24(35-25)18-9-5-4-6-10-18/h4-16H,3,17H2,1-2H3,(H,26,28,30). The molecule has 0 spiro atoms. The molecule has 4 aromatic rings. The second-order valence-corrected chi connectivity index (χ2v) is 11.1. The van der Waals surface area contributed by atoms with Crippen molar-refractivity contribution in [2.45, 2.75) is 16.7 Å². The Kier molecular flexibility index (Phi) is 8.24. The van der Waals surface area contributed by atoms with Gasteiger partial charge in [0, 0.05) is 10.5 Å². The number of nitrogens with zero attached hydrogens (tertiary/aromatic N) is 3. The molecule has 0 aliphatic heterocycles. The molecule has 0 fully saturated rings. The van der Waals surface area contributed by atoms with E-state index in [1.165, 1.54) is 35.2 Å². The zero-order chi connectivity index (χ0) is 25.5. The van der Waals surface area contributed by atoms with Gasteiger partial charge in [-0.1, -0.05) is 53.8 Å². The molecular weight excluding hydrogens is 517 g/mol. The summed E-state index contributed by atoms with van der Waals surface area (Å²) in [4.78, 5) is 14.1. The number of rotatable bonds is 10. The first kappa shape index (κ1) is 25.7. The molecule has 0 radical (unpaired) electrons. The molecule has 0 aliphatic carbocycles. The number of thioether (sulfide) groups is 1. The second-order valence-electron chi connectivity index (χ2n) is 7.41. The maximum atomic E-state index is 13.7. The van der Waals surface area contributed by atoms with E-state index in [1.807, 2.05) is 43.5 Å². The van der Waals surface area contributed by atoms with Crippen molar-refractivity contribution < 1.29 is 17.9 Å². The van der Waals surface area contributed by atoms with Crippen molar-refractivity contribution >= 4 is 49.8 Å². The maximum Gasteiger partial charge on any atom is 0.264 e. The number of carbonyl (C=O) groups excluding carboxylic acids is 1. The largest absolute Gasteiger partial charge is 0.492 e. The first-order chi connectivity index (χ1) is 17.4. The first-order valence-electron chi connectivity index (χ1n) is 11.0. The van der Waals surface area contributed by atoms with E-state index in [9.17, 15) is 13.2 Å². The fraction of sp³-hybridized carbons (Fsp3) is 0.160. The van der Waals surface area contributed by atoms with Gasteiger partial charge < -0.3 is 4.74 Å². The number of anilines is 2. The number of carbonyl (C=O) groups is 1. The molecule has 3 aromatic carbocycles. The van der Waals surface area contributed by atoms with Crippen LogP contribution in [0.15, 0.2) is 88.7 Å². The van der Waals surface area contributed by atoms with Crippen molar-refractivity contribution in [3.8, 4) is 16.3 Å². The molecule has 1 amide bonds. The lowest BCUT2D eigenvalue weighted by atomic mass is 10.2. The van der Waals surface area contributed by atoms with E-state index >= 15 is 0 Å². The Morgan fingerprint density at radius 3 is 2.39 bits per heavy atom. The molecule has 0 aliphatic rings. The van der Waals surface area contributed by atoms with E-state index in [0.717, 1.165) is 14.8 Å². The van der Waals surface area contributed by atoms with E-state index in [4.69, 9.17) is 4.74 Å². The summed E-state index contributed by atoms with van der Waals surface area (Å²) >= 11 is 2.72. The summed E-state index contributed by atoms with van der Waals surface area (Å²) in [7, 11) is -4.09. The van der Waals surface area contributed by atoms with Crippen molar-refractivity contribution in [1.82, 2.24) is 10.2 Å². The van der Waals surface area contributed by atoms with Gasteiger partial charge in [-0.05, 0) is 49.6 Å². The van der Waals surface area contributed by atoms with Crippen LogP contribution in [0.3, 0.4) is 0 Å². The van der Waals surface area contributed by atoms with Crippen molar-refractivity contribution in [3.05, 3.63) is 78.9 Å². The van der Waals surface area contributed by atoms with Gasteiger partial charge >= 0.3 is 0 Å². The summed E-state index contributed by atoms with van der Waals surface area (Å²) in [5, 5.41) is 11.8. The summed E-state index contributed by atoms with van der Waals surface area (Å²) in [6, 6.07) is 22.7. The summed E-state index contributed by atoms with van der Waals surface area (Å²) in [5.41, 5.74) is 1.14. The van der Waals surface area contributed by atoms with Crippen LogP contribution < -0.4 is 14.4 Å².